The Balaban J connectivity index is 2.74. The Morgan fingerprint density at radius 3 is 2.24 bits per heavy atom. The number of unbranched alkanes of at least 4 members (excludes halogenated alkanes) is 1. The van der Waals surface area contributed by atoms with Crippen molar-refractivity contribution in [2.45, 2.75) is 59.9 Å². The number of benzene rings is 1. The lowest BCUT2D eigenvalue weighted by molar-refractivity contribution is -0.118. The topological polar surface area (TPSA) is 32.3 Å². The number of aryl methyl sites for hydroxylation is 2. The monoisotopic (exact) mass is 290 g/mol. The van der Waals surface area contributed by atoms with Crippen molar-refractivity contribution in [2.24, 2.45) is 0 Å². The molecule has 0 unspecified atom stereocenters. The summed E-state index contributed by atoms with van der Waals surface area (Å²) >= 11 is 0. The maximum atomic E-state index is 12.4. The van der Waals surface area contributed by atoms with Crippen LogP contribution < -0.4 is 5.32 Å². The van der Waals surface area contributed by atoms with E-state index in [1.54, 1.807) is 0 Å². The Bertz CT molecular complexity index is 454. The zero-order chi connectivity index (χ0) is 16.0. The number of para-hydroxylation sites is 1. The molecule has 1 aromatic rings. The number of carbonyl (C=O) groups is 1. The van der Waals surface area contributed by atoms with Crippen LogP contribution >= 0.6 is 0 Å². The molecule has 3 heteroatoms. The van der Waals surface area contributed by atoms with E-state index in [1.807, 2.05) is 32.0 Å². The van der Waals surface area contributed by atoms with Gasteiger partial charge in [-0.15, -0.1) is 0 Å². The SMILES string of the molecule is CCCCN(CC(=O)Nc1c(C)cccc1C)C(C)(C)C. The maximum absolute atomic E-state index is 12.4. The molecule has 0 bridgehead atoms. The number of anilines is 1. The van der Waals surface area contributed by atoms with Crippen molar-refractivity contribution in [1.29, 1.82) is 0 Å². The molecular weight excluding hydrogens is 260 g/mol. The fourth-order valence-corrected chi connectivity index (χ4v) is 2.36. The molecule has 0 aromatic heterocycles. The van der Waals surface area contributed by atoms with E-state index in [4.69, 9.17) is 0 Å². The standard InChI is InChI=1S/C18H30N2O/c1-7-8-12-20(18(4,5)6)13-16(21)19-17-14(2)10-9-11-15(17)3/h9-11H,7-8,12-13H2,1-6H3,(H,19,21). The lowest BCUT2D eigenvalue weighted by Gasteiger charge is -2.35. The van der Waals surface area contributed by atoms with Gasteiger partial charge in [-0.3, -0.25) is 9.69 Å². The van der Waals surface area contributed by atoms with Gasteiger partial charge in [0.2, 0.25) is 5.91 Å². The molecule has 0 aliphatic carbocycles. The normalized spacial score (nSPS) is 11.8. The third kappa shape index (κ3) is 5.50. The van der Waals surface area contributed by atoms with Gasteiger partial charge in [0.1, 0.15) is 0 Å². The van der Waals surface area contributed by atoms with Crippen LogP contribution in [-0.4, -0.2) is 29.4 Å². The second-order valence-electron chi connectivity index (χ2n) is 6.76. The number of nitrogens with zero attached hydrogens (tertiary/aromatic N) is 1. The van der Waals surface area contributed by atoms with Crippen LogP contribution in [0.3, 0.4) is 0 Å². The van der Waals surface area contributed by atoms with Crippen LogP contribution in [0.4, 0.5) is 5.69 Å². The molecule has 1 N–H and O–H groups in total. The van der Waals surface area contributed by atoms with Crippen LogP contribution in [-0.2, 0) is 4.79 Å². The first-order valence-electron chi connectivity index (χ1n) is 7.86. The summed E-state index contributed by atoms with van der Waals surface area (Å²) in [5, 5.41) is 3.08. The molecular formula is C18H30N2O. The summed E-state index contributed by atoms with van der Waals surface area (Å²) in [5.74, 6) is 0.0680. The van der Waals surface area contributed by atoms with Gasteiger partial charge >= 0.3 is 0 Å². The molecule has 21 heavy (non-hydrogen) atoms. The summed E-state index contributed by atoms with van der Waals surface area (Å²) in [4.78, 5) is 14.6. The van der Waals surface area contributed by atoms with Crippen molar-refractivity contribution in [3.05, 3.63) is 29.3 Å². The van der Waals surface area contributed by atoms with Gasteiger partial charge in [-0.25, -0.2) is 0 Å². The van der Waals surface area contributed by atoms with Crippen molar-refractivity contribution in [1.82, 2.24) is 4.90 Å². The largest absolute Gasteiger partial charge is 0.324 e. The molecule has 0 atom stereocenters. The molecule has 0 saturated heterocycles. The first-order valence-corrected chi connectivity index (χ1v) is 7.86. The highest BCUT2D eigenvalue weighted by Gasteiger charge is 2.23. The summed E-state index contributed by atoms with van der Waals surface area (Å²) < 4.78 is 0. The molecule has 3 nitrogen and oxygen atoms in total. The number of carbonyl (C=O) groups excluding carboxylic acids is 1. The Kier molecular flexibility index (Phi) is 6.41. The Morgan fingerprint density at radius 1 is 1.19 bits per heavy atom. The van der Waals surface area contributed by atoms with Crippen LogP contribution in [0, 0.1) is 13.8 Å². The average Bonchev–Trinajstić information content (AvgIpc) is 2.37. The fourth-order valence-electron chi connectivity index (χ4n) is 2.36. The molecule has 1 rings (SSSR count). The minimum Gasteiger partial charge on any atom is -0.324 e. The van der Waals surface area contributed by atoms with E-state index in [-0.39, 0.29) is 11.4 Å². The van der Waals surface area contributed by atoms with Gasteiger partial charge in [-0.2, -0.15) is 0 Å². The number of rotatable bonds is 6. The third-order valence-electron chi connectivity index (χ3n) is 3.81. The summed E-state index contributed by atoms with van der Waals surface area (Å²) in [7, 11) is 0. The highest BCUT2D eigenvalue weighted by molar-refractivity contribution is 5.93. The number of amides is 1. The van der Waals surface area contributed by atoms with Gasteiger partial charge in [0.25, 0.3) is 0 Å². The number of nitrogens with one attached hydrogen (secondary N) is 1. The Morgan fingerprint density at radius 2 is 1.76 bits per heavy atom. The molecule has 0 spiro atoms. The molecule has 1 amide bonds. The van der Waals surface area contributed by atoms with Crippen molar-refractivity contribution >= 4 is 11.6 Å². The molecule has 0 heterocycles. The summed E-state index contributed by atoms with van der Waals surface area (Å²) in [6.45, 7) is 14.1. The van der Waals surface area contributed by atoms with E-state index < -0.39 is 0 Å². The van der Waals surface area contributed by atoms with Crippen LogP contribution in [0.25, 0.3) is 0 Å². The van der Waals surface area contributed by atoms with Gasteiger partial charge < -0.3 is 5.32 Å². The number of hydrogen-bond acceptors (Lipinski definition) is 2. The zero-order valence-electron chi connectivity index (χ0n) is 14.4. The van der Waals surface area contributed by atoms with Gasteiger partial charge in [-0.05, 0) is 58.7 Å². The van der Waals surface area contributed by atoms with Crippen LogP contribution in [0.15, 0.2) is 18.2 Å². The van der Waals surface area contributed by atoms with Crippen molar-refractivity contribution in [3.63, 3.8) is 0 Å². The zero-order valence-corrected chi connectivity index (χ0v) is 14.4. The number of hydrogen-bond donors (Lipinski definition) is 1. The van der Waals surface area contributed by atoms with E-state index in [9.17, 15) is 4.79 Å². The molecule has 0 aliphatic rings. The summed E-state index contributed by atoms with van der Waals surface area (Å²) in [6, 6.07) is 6.07. The average molecular weight is 290 g/mol. The second-order valence-corrected chi connectivity index (χ2v) is 6.76. The van der Waals surface area contributed by atoms with Crippen LogP contribution in [0.2, 0.25) is 0 Å². The lowest BCUT2D eigenvalue weighted by Crippen LogP contribution is -2.46. The minimum atomic E-state index is 0.00723. The third-order valence-corrected chi connectivity index (χ3v) is 3.81. The predicted octanol–water partition coefficient (Wildman–Crippen LogP) is 4.14. The maximum Gasteiger partial charge on any atom is 0.238 e. The molecule has 0 saturated carbocycles. The van der Waals surface area contributed by atoms with Crippen molar-refractivity contribution in [2.75, 3.05) is 18.4 Å². The van der Waals surface area contributed by atoms with E-state index in [0.717, 1.165) is 36.2 Å². The first-order chi connectivity index (χ1) is 9.75. The van der Waals surface area contributed by atoms with E-state index in [0.29, 0.717) is 6.54 Å². The van der Waals surface area contributed by atoms with Gasteiger partial charge in [0, 0.05) is 11.2 Å². The van der Waals surface area contributed by atoms with Crippen LogP contribution in [0.1, 0.15) is 51.7 Å². The van der Waals surface area contributed by atoms with Gasteiger partial charge in [0.05, 0.1) is 6.54 Å². The highest BCUT2D eigenvalue weighted by Crippen LogP contribution is 2.20. The van der Waals surface area contributed by atoms with Gasteiger partial charge in [-0.1, -0.05) is 31.5 Å². The fraction of sp³-hybridized carbons (Fsp3) is 0.611. The lowest BCUT2D eigenvalue weighted by atomic mass is 10.1. The second kappa shape index (κ2) is 7.60. The quantitative estimate of drug-likeness (QED) is 0.854. The minimum absolute atomic E-state index is 0.00723. The van der Waals surface area contributed by atoms with Crippen molar-refractivity contribution < 1.29 is 4.79 Å². The van der Waals surface area contributed by atoms with E-state index in [2.05, 4.69) is 37.9 Å². The van der Waals surface area contributed by atoms with Crippen LogP contribution in [0.5, 0.6) is 0 Å². The van der Waals surface area contributed by atoms with E-state index >= 15 is 0 Å². The molecule has 118 valence electrons. The molecule has 0 radical (unpaired) electrons. The summed E-state index contributed by atoms with van der Waals surface area (Å²) in [6.07, 6.45) is 2.26. The Hall–Kier alpha value is -1.35. The molecule has 0 aliphatic heterocycles. The smallest absolute Gasteiger partial charge is 0.238 e. The molecule has 0 fully saturated rings. The molecule has 1 aromatic carbocycles. The summed E-state index contributed by atoms with van der Waals surface area (Å²) in [5.41, 5.74) is 3.18. The Labute approximate surface area is 129 Å². The highest BCUT2D eigenvalue weighted by atomic mass is 16.2. The predicted molar refractivity (Wildman–Crippen MR) is 90.8 cm³/mol. The van der Waals surface area contributed by atoms with E-state index in [1.165, 1.54) is 0 Å². The van der Waals surface area contributed by atoms with Crippen molar-refractivity contribution in [3.8, 4) is 0 Å². The van der Waals surface area contributed by atoms with Gasteiger partial charge in [0.15, 0.2) is 0 Å². The first kappa shape index (κ1) is 17.7.